The van der Waals surface area contributed by atoms with Crippen molar-refractivity contribution in [2.75, 3.05) is 0 Å². The lowest BCUT2D eigenvalue weighted by Crippen LogP contribution is -2.34. The van der Waals surface area contributed by atoms with E-state index in [1.165, 1.54) is 12.0 Å². The van der Waals surface area contributed by atoms with Crippen LogP contribution in [0.5, 0.6) is 11.5 Å². The first-order valence-corrected chi connectivity index (χ1v) is 7.72. The molecule has 1 aromatic rings. The molecule has 0 radical (unpaired) electrons. The highest BCUT2D eigenvalue weighted by Crippen LogP contribution is 2.61. The molecular weight excluding hydrogens is 252 g/mol. The molecule has 3 nitrogen and oxygen atoms in total. The fourth-order valence-corrected chi connectivity index (χ4v) is 4.48. The Morgan fingerprint density at radius 3 is 2.60 bits per heavy atom. The van der Waals surface area contributed by atoms with Gasteiger partial charge in [-0.1, -0.05) is 0 Å². The first-order chi connectivity index (χ1) is 9.52. The molecule has 2 atom stereocenters. The molecule has 2 bridgehead atoms. The lowest BCUT2D eigenvalue weighted by Gasteiger charge is -2.37. The zero-order valence-corrected chi connectivity index (χ0v) is 12.2. The maximum absolute atomic E-state index is 10.6. The highest BCUT2D eigenvalue weighted by molar-refractivity contribution is 5.64. The Morgan fingerprint density at radius 2 is 1.90 bits per heavy atom. The minimum Gasteiger partial charge on any atom is -0.507 e. The van der Waals surface area contributed by atoms with E-state index >= 15 is 0 Å². The summed E-state index contributed by atoms with van der Waals surface area (Å²) in [5.74, 6) is 2.37. The second-order valence-electron chi connectivity index (χ2n) is 7.19. The third-order valence-electron chi connectivity index (χ3n) is 5.48. The van der Waals surface area contributed by atoms with E-state index in [4.69, 9.17) is 4.74 Å². The Labute approximate surface area is 119 Å². The van der Waals surface area contributed by atoms with Gasteiger partial charge in [-0.3, -0.25) is 0 Å². The van der Waals surface area contributed by atoms with Gasteiger partial charge in [0.15, 0.2) is 0 Å². The molecule has 1 saturated carbocycles. The minimum atomic E-state index is -0.147. The SMILES string of the molecule is CC1(C)CCc2c(CO)c(O)c3c(c2O1)C1CCC3C1. The number of hydrogen-bond acceptors (Lipinski definition) is 3. The van der Waals surface area contributed by atoms with Crippen molar-refractivity contribution in [3.63, 3.8) is 0 Å². The summed E-state index contributed by atoms with van der Waals surface area (Å²) in [6, 6.07) is 0. The molecular formula is C17H22O3. The number of rotatable bonds is 1. The maximum atomic E-state index is 10.6. The van der Waals surface area contributed by atoms with E-state index in [2.05, 4.69) is 13.8 Å². The molecule has 3 heteroatoms. The summed E-state index contributed by atoms with van der Waals surface area (Å²) >= 11 is 0. The van der Waals surface area contributed by atoms with E-state index in [1.807, 2.05) is 0 Å². The summed E-state index contributed by atoms with van der Waals surface area (Å²) in [7, 11) is 0. The van der Waals surface area contributed by atoms with Gasteiger partial charge in [0.2, 0.25) is 0 Å². The molecule has 0 aromatic heterocycles. The Kier molecular flexibility index (Phi) is 2.45. The predicted molar refractivity (Wildman–Crippen MR) is 76.4 cm³/mol. The van der Waals surface area contributed by atoms with E-state index in [9.17, 15) is 10.2 Å². The summed E-state index contributed by atoms with van der Waals surface area (Å²) in [6.45, 7) is 4.16. The highest BCUT2D eigenvalue weighted by Gasteiger charge is 2.45. The van der Waals surface area contributed by atoms with Gasteiger partial charge < -0.3 is 14.9 Å². The van der Waals surface area contributed by atoms with Crippen LogP contribution in [0.3, 0.4) is 0 Å². The Bertz CT molecular complexity index is 589. The average Bonchev–Trinajstić information content (AvgIpc) is 3.00. The molecule has 4 rings (SSSR count). The van der Waals surface area contributed by atoms with E-state index in [-0.39, 0.29) is 12.2 Å². The van der Waals surface area contributed by atoms with Crippen molar-refractivity contribution in [2.24, 2.45) is 0 Å². The quantitative estimate of drug-likeness (QED) is 0.825. The van der Waals surface area contributed by atoms with E-state index < -0.39 is 0 Å². The van der Waals surface area contributed by atoms with Crippen molar-refractivity contribution in [1.29, 1.82) is 0 Å². The zero-order valence-electron chi connectivity index (χ0n) is 12.2. The van der Waals surface area contributed by atoms with Gasteiger partial charge in [-0.15, -0.1) is 0 Å². The van der Waals surface area contributed by atoms with E-state index in [1.54, 1.807) is 0 Å². The maximum Gasteiger partial charge on any atom is 0.127 e. The summed E-state index contributed by atoms with van der Waals surface area (Å²) in [4.78, 5) is 0. The van der Waals surface area contributed by atoms with Gasteiger partial charge in [0.05, 0.1) is 6.61 Å². The minimum absolute atomic E-state index is 0.0946. The molecule has 0 spiro atoms. The molecule has 1 aromatic carbocycles. The van der Waals surface area contributed by atoms with Crippen molar-refractivity contribution < 1.29 is 14.9 Å². The normalized spacial score (nSPS) is 28.9. The van der Waals surface area contributed by atoms with Gasteiger partial charge in [0.1, 0.15) is 17.1 Å². The lowest BCUT2D eigenvalue weighted by atomic mass is 9.82. The van der Waals surface area contributed by atoms with Crippen molar-refractivity contribution in [3.8, 4) is 11.5 Å². The number of aliphatic hydroxyl groups excluding tert-OH is 1. The summed E-state index contributed by atoms with van der Waals surface area (Å²) < 4.78 is 6.29. The topological polar surface area (TPSA) is 49.7 Å². The largest absolute Gasteiger partial charge is 0.507 e. The Morgan fingerprint density at radius 1 is 1.20 bits per heavy atom. The molecule has 1 heterocycles. The second kappa shape index (κ2) is 3.91. The summed E-state index contributed by atoms with van der Waals surface area (Å²) in [6.07, 6.45) is 5.34. The van der Waals surface area contributed by atoms with E-state index in [0.29, 0.717) is 23.1 Å². The Balaban J connectivity index is 1.99. The van der Waals surface area contributed by atoms with Crippen molar-refractivity contribution in [3.05, 3.63) is 22.3 Å². The standard InChI is InChI=1S/C17H22O3/c1-17(2)6-5-11-12(8-18)15(19)13-9-3-4-10(7-9)14(13)16(11)20-17/h9-10,18-19H,3-8H2,1-2H3. The third-order valence-corrected chi connectivity index (χ3v) is 5.48. The number of aromatic hydroxyl groups is 1. The van der Waals surface area contributed by atoms with Crippen molar-refractivity contribution >= 4 is 0 Å². The fraction of sp³-hybridized carbons (Fsp3) is 0.647. The first-order valence-electron chi connectivity index (χ1n) is 7.72. The highest BCUT2D eigenvalue weighted by atomic mass is 16.5. The van der Waals surface area contributed by atoms with Crippen LogP contribution in [-0.4, -0.2) is 15.8 Å². The molecule has 1 fully saturated rings. The molecule has 1 aliphatic heterocycles. The van der Waals surface area contributed by atoms with Crippen LogP contribution in [0.1, 0.15) is 73.6 Å². The molecule has 2 aliphatic carbocycles. The number of fused-ring (bicyclic) bond motifs is 7. The predicted octanol–water partition coefficient (Wildman–Crippen LogP) is 3.35. The van der Waals surface area contributed by atoms with Crippen molar-refractivity contribution in [2.45, 2.75) is 70.0 Å². The van der Waals surface area contributed by atoms with Crippen LogP contribution in [0, 0.1) is 0 Å². The van der Waals surface area contributed by atoms with Crippen LogP contribution in [0.25, 0.3) is 0 Å². The molecule has 3 aliphatic rings. The van der Waals surface area contributed by atoms with Crippen molar-refractivity contribution in [1.82, 2.24) is 0 Å². The summed E-state index contributed by atoms with van der Waals surface area (Å²) in [5, 5.41) is 20.3. The van der Waals surface area contributed by atoms with Gasteiger partial charge in [-0.2, -0.15) is 0 Å². The van der Waals surface area contributed by atoms with Crippen LogP contribution in [-0.2, 0) is 13.0 Å². The molecule has 0 amide bonds. The smallest absolute Gasteiger partial charge is 0.127 e. The zero-order chi connectivity index (χ0) is 14.1. The van der Waals surface area contributed by atoms with Crippen LogP contribution in [0.2, 0.25) is 0 Å². The number of hydrogen-bond donors (Lipinski definition) is 2. The number of ether oxygens (including phenoxy) is 1. The molecule has 2 unspecified atom stereocenters. The van der Waals surface area contributed by atoms with Gasteiger partial charge in [0, 0.05) is 22.3 Å². The number of benzene rings is 1. The molecule has 108 valence electrons. The van der Waals surface area contributed by atoms with Crippen LogP contribution >= 0.6 is 0 Å². The lowest BCUT2D eigenvalue weighted by molar-refractivity contribution is 0.0815. The number of aliphatic hydroxyl groups is 1. The third kappa shape index (κ3) is 1.50. The van der Waals surface area contributed by atoms with Gasteiger partial charge in [-0.25, -0.2) is 0 Å². The monoisotopic (exact) mass is 274 g/mol. The van der Waals surface area contributed by atoms with Gasteiger partial charge >= 0.3 is 0 Å². The van der Waals surface area contributed by atoms with Crippen LogP contribution < -0.4 is 4.74 Å². The second-order valence-corrected chi connectivity index (χ2v) is 7.19. The van der Waals surface area contributed by atoms with Crippen LogP contribution in [0.4, 0.5) is 0 Å². The molecule has 0 saturated heterocycles. The first kappa shape index (κ1) is 12.5. The van der Waals surface area contributed by atoms with E-state index in [0.717, 1.165) is 42.6 Å². The van der Waals surface area contributed by atoms with Gasteiger partial charge in [0.25, 0.3) is 0 Å². The molecule has 2 N–H and O–H groups in total. The van der Waals surface area contributed by atoms with Crippen LogP contribution in [0.15, 0.2) is 0 Å². The fourth-order valence-electron chi connectivity index (χ4n) is 4.48. The van der Waals surface area contributed by atoms with Gasteiger partial charge in [-0.05, 0) is 57.8 Å². The number of phenols is 1. The molecule has 20 heavy (non-hydrogen) atoms. The Hall–Kier alpha value is -1.22. The average molecular weight is 274 g/mol. The summed E-state index contributed by atoms with van der Waals surface area (Å²) in [5.41, 5.74) is 3.96.